The number of nitrogens with zero attached hydrogens (tertiary/aromatic N) is 6. The summed E-state index contributed by atoms with van der Waals surface area (Å²) in [7, 11) is 0. The minimum Gasteiger partial charge on any atom is -0.490 e. The van der Waals surface area contributed by atoms with Gasteiger partial charge in [-0.2, -0.15) is 18.4 Å². The highest BCUT2D eigenvalue weighted by Gasteiger charge is 2.52. The van der Waals surface area contributed by atoms with Crippen molar-refractivity contribution in [2.45, 2.75) is 96.8 Å². The number of aryl methyl sites for hydroxylation is 1. The molecule has 0 aliphatic carbocycles. The summed E-state index contributed by atoms with van der Waals surface area (Å²) in [6.07, 6.45) is -6.38. The fraction of sp³-hybridized carbons (Fsp3) is 0.385. The van der Waals surface area contributed by atoms with Crippen LogP contribution in [0.15, 0.2) is 72.4 Å². The number of likely N-dealkylation sites (tertiary alicyclic amines) is 1. The van der Waals surface area contributed by atoms with Gasteiger partial charge in [-0.05, 0) is 79.9 Å². The zero-order chi connectivity index (χ0) is 56.5. The number of thiazole rings is 1. The van der Waals surface area contributed by atoms with Crippen LogP contribution < -0.4 is 25.2 Å². The zero-order valence-corrected chi connectivity index (χ0v) is 43.7. The molecular formula is C52H50F8N8O7S2. The molecule has 25 heteroatoms. The number of aliphatic hydroxyl groups excluding tert-OH is 1. The average molecular weight is 1120 g/mol. The third-order valence-electron chi connectivity index (χ3n) is 12.7. The monoisotopic (exact) mass is 1110 g/mol. The highest BCUT2D eigenvalue weighted by molar-refractivity contribution is 7.81. The Labute approximate surface area is 445 Å². The van der Waals surface area contributed by atoms with Gasteiger partial charge in [0.2, 0.25) is 17.7 Å². The molecule has 15 nitrogen and oxygen atoms in total. The Morgan fingerprint density at radius 3 is 2.29 bits per heavy atom. The molecule has 0 spiro atoms. The van der Waals surface area contributed by atoms with E-state index in [4.69, 9.17) is 27.0 Å². The molecule has 3 N–H and O–H groups in total. The second kappa shape index (κ2) is 22.4. The summed E-state index contributed by atoms with van der Waals surface area (Å²) in [5.41, 5.74) is -2.89. The highest BCUT2D eigenvalue weighted by Crippen LogP contribution is 2.43. The first-order valence-corrected chi connectivity index (χ1v) is 24.9. The van der Waals surface area contributed by atoms with Gasteiger partial charge in [-0.15, -0.1) is 11.3 Å². The number of rotatable bonds is 17. The van der Waals surface area contributed by atoms with E-state index in [1.807, 2.05) is 31.2 Å². The Kier molecular flexibility index (Phi) is 16.8. The van der Waals surface area contributed by atoms with E-state index in [2.05, 4.69) is 20.6 Å². The lowest BCUT2D eigenvalue weighted by molar-refractivity contribution is -0.145. The van der Waals surface area contributed by atoms with Crippen molar-refractivity contribution in [3.63, 3.8) is 0 Å². The summed E-state index contributed by atoms with van der Waals surface area (Å²) in [6, 6.07) is 11.8. The molecule has 0 radical (unpaired) electrons. The third kappa shape index (κ3) is 12.5. The van der Waals surface area contributed by atoms with Gasteiger partial charge in [0.1, 0.15) is 42.1 Å². The number of nitrogens with one attached hydrogen (secondary N) is 2. The number of hydrogen-bond donors (Lipinski definition) is 3. The van der Waals surface area contributed by atoms with Gasteiger partial charge in [0.15, 0.2) is 28.3 Å². The lowest BCUT2D eigenvalue weighted by atomic mass is 9.85. The van der Waals surface area contributed by atoms with Crippen LogP contribution >= 0.6 is 23.6 Å². The molecule has 408 valence electrons. The maximum atomic E-state index is 15.8. The van der Waals surface area contributed by atoms with Crippen LogP contribution in [0.2, 0.25) is 0 Å². The van der Waals surface area contributed by atoms with Gasteiger partial charge in [0.05, 0.1) is 58.0 Å². The van der Waals surface area contributed by atoms with E-state index in [1.54, 1.807) is 26.3 Å². The van der Waals surface area contributed by atoms with Crippen molar-refractivity contribution in [2.24, 2.45) is 5.41 Å². The Morgan fingerprint density at radius 2 is 1.68 bits per heavy atom. The van der Waals surface area contributed by atoms with Crippen LogP contribution in [-0.2, 0) is 36.6 Å². The molecule has 2 aliphatic heterocycles. The third-order valence-corrected chi connectivity index (χ3v) is 14.1. The topological polar surface area (TPSA) is 190 Å². The van der Waals surface area contributed by atoms with Crippen molar-refractivity contribution in [1.82, 2.24) is 25.5 Å². The van der Waals surface area contributed by atoms with Crippen molar-refractivity contribution in [3.05, 3.63) is 112 Å². The maximum absolute atomic E-state index is 15.8. The number of β-amino-alcohol motifs (C(OH)–C–C–N with tert-alkyl or cyclic N) is 1. The number of alkyl halides is 5. The SMILES string of the molecule is Cc1ncsc1-c1ccc(CNC(=O)[C@@H]2C[C@@H](O)CN2C(=O)[C@@H](NC(=O)COCC(F)(F)CCOc2ccc(-c3ncc(N4C(=S)N(c5ccc(C#N)c(C(F)(F)F)c5F)C(=O)C4(C)C)cc3F)cc2F)C(C)(C)C)cc1. The summed E-state index contributed by atoms with van der Waals surface area (Å²) in [4.78, 5) is 66.1. The van der Waals surface area contributed by atoms with Crippen molar-refractivity contribution < 1.29 is 68.9 Å². The maximum Gasteiger partial charge on any atom is 0.420 e. The predicted molar refractivity (Wildman–Crippen MR) is 270 cm³/mol. The molecule has 0 unspecified atom stereocenters. The molecule has 3 aromatic carbocycles. The van der Waals surface area contributed by atoms with Gasteiger partial charge in [-0.25, -0.2) is 26.9 Å². The number of thiocarbonyl (C=S) groups is 1. The molecule has 2 aromatic heterocycles. The van der Waals surface area contributed by atoms with Gasteiger partial charge in [0, 0.05) is 37.6 Å². The predicted octanol–water partition coefficient (Wildman–Crippen LogP) is 8.63. The molecule has 5 aromatic rings. The number of nitriles is 1. The molecule has 0 saturated carbocycles. The van der Waals surface area contributed by atoms with E-state index in [0.29, 0.717) is 11.0 Å². The number of amides is 4. The molecule has 2 saturated heterocycles. The molecule has 77 heavy (non-hydrogen) atoms. The zero-order valence-electron chi connectivity index (χ0n) is 42.0. The van der Waals surface area contributed by atoms with Crippen LogP contribution in [0, 0.1) is 41.1 Å². The minimum absolute atomic E-state index is 0.0550. The Morgan fingerprint density at radius 1 is 0.987 bits per heavy atom. The normalized spacial score (nSPS) is 17.1. The molecule has 7 rings (SSSR count). The number of ether oxygens (including phenoxy) is 2. The molecule has 3 atom stereocenters. The van der Waals surface area contributed by atoms with E-state index in [9.17, 15) is 46.2 Å². The molecule has 4 heterocycles. The lowest BCUT2D eigenvalue weighted by Gasteiger charge is -2.35. The summed E-state index contributed by atoms with van der Waals surface area (Å²) in [5.74, 6) is -11.3. The summed E-state index contributed by atoms with van der Waals surface area (Å²) >= 11 is 6.90. The Hall–Kier alpha value is -7.14. The summed E-state index contributed by atoms with van der Waals surface area (Å²) < 4.78 is 128. The van der Waals surface area contributed by atoms with Crippen molar-refractivity contribution in [1.29, 1.82) is 5.26 Å². The van der Waals surface area contributed by atoms with Crippen LogP contribution in [0.1, 0.15) is 69.8 Å². The van der Waals surface area contributed by atoms with Crippen LogP contribution in [0.25, 0.3) is 21.7 Å². The van der Waals surface area contributed by atoms with Gasteiger partial charge in [-0.1, -0.05) is 45.0 Å². The number of carbonyl (C=O) groups is 4. The van der Waals surface area contributed by atoms with Crippen LogP contribution in [-0.4, -0.2) is 105 Å². The lowest BCUT2D eigenvalue weighted by Crippen LogP contribution is -2.58. The summed E-state index contributed by atoms with van der Waals surface area (Å²) in [6.45, 7) is 6.47. The number of carbonyl (C=O) groups excluding carboxylic acids is 4. The average Bonchev–Trinajstić information content (AvgIpc) is 4.01. The van der Waals surface area contributed by atoms with Crippen molar-refractivity contribution in [2.75, 3.05) is 36.2 Å². The Bertz CT molecular complexity index is 3140. The number of aliphatic hydroxyl groups is 1. The smallest absolute Gasteiger partial charge is 0.420 e. The Balaban J connectivity index is 0.904. The molecule has 2 fully saturated rings. The number of halogens is 8. The van der Waals surface area contributed by atoms with Gasteiger partial charge >= 0.3 is 6.18 Å². The number of anilines is 2. The first-order chi connectivity index (χ1) is 36.0. The number of pyridine rings is 1. The molecule has 0 bridgehead atoms. The van der Waals surface area contributed by atoms with E-state index in [0.717, 1.165) is 57.1 Å². The van der Waals surface area contributed by atoms with Crippen LogP contribution in [0.3, 0.4) is 0 Å². The van der Waals surface area contributed by atoms with E-state index >= 15 is 13.2 Å². The van der Waals surface area contributed by atoms with Crippen molar-refractivity contribution in [3.8, 4) is 33.5 Å². The molecular weight excluding hydrogens is 1060 g/mol. The fourth-order valence-corrected chi connectivity index (χ4v) is 10.1. The standard InChI is InChI=1S/C52H50F8N8O7S2/c1-27-43(77-26-64-27)29-9-7-28(8-10-29)21-63-45(71)37-19-33(69)23-66(37)46(72)44(49(2,3)4)65-39(70)24-74-25-51(56,57)15-16-75-38-14-12-30(17-34(38)53)42-35(54)18-32(22-62-42)68-48(76)67(47(73)50(68,5)6)36-13-11-31(20-61)40(41(36)55)52(58,59)60/h7-14,17-18,22,26,33,37,44,69H,15-16,19,21,23-25H2,1-6H3,(H,63,71)(H,65,70)/t33-,37+,44-/m1/s1. The van der Waals surface area contributed by atoms with Crippen LogP contribution in [0.4, 0.5) is 46.5 Å². The minimum atomic E-state index is -5.31. The first kappa shape index (κ1) is 57.6. The second-order valence-electron chi connectivity index (χ2n) is 19.8. The van der Waals surface area contributed by atoms with Crippen molar-refractivity contribution >= 4 is 63.7 Å². The molecule has 4 amide bonds. The van der Waals surface area contributed by atoms with E-state index < -0.39 is 142 Å². The van der Waals surface area contributed by atoms with E-state index in [1.165, 1.54) is 42.2 Å². The fourth-order valence-electron chi connectivity index (χ4n) is 8.74. The van der Waals surface area contributed by atoms with Gasteiger partial charge in [0.25, 0.3) is 11.8 Å². The number of benzene rings is 3. The van der Waals surface area contributed by atoms with Crippen LogP contribution in [0.5, 0.6) is 5.75 Å². The quantitative estimate of drug-likeness (QED) is 0.0595. The second-order valence-corrected chi connectivity index (χ2v) is 21.0. The summed E-state index contributed by atoms with van der Waals surface area (Å²) in [5, 5.41) is 24.5. The highest BCUT2D eigenvalue weighted by atomic mass is 32.1. The van der Waals surface area contributed by atoms with Gasteiger partial charge < -0.3 is 35.0 Å². The largest absolute Gasteiger partial charge is 0.490 e. The number of hydrogen-bond acceptors (Lipinski definition) is 12. The molecule has 2 aliphatic rings. The van der Waals surface area contributed by atoms with Gasteiger partial charge in [-0.3, -0.25) is 29.1 Å². The number of aromatic nitrogens is 2. The van der Waals surface area contributed by atoms with E-state index in [-0.39, 0.29) is 30.8 Å². The first-order valence-electron chi connectivity index (χ1n) is 23.6.